The second-order valence-electron chi connectivity index (χ2n) is 5.85. The van der Waals surface area contributed by atoms with Crippen LogP contribution in [0.4, 0.5) is 5.69 Å². The molecule has 28 heavy (non-hydrogen) atoms. The van der Waals surface area contributed by atoms with Gasteiger partial charge in [-0.2, -0.15) is 20.0 Å². The maximum absolute atomic E-state index is 11.1. The Morgan fingerprint density at radius 3 is 2.68 bits per heavy atom. The van der Waals surface area contributed by atoms with Crippen LogP contribution in [0, 0.1) is 30.9 Å². The SMILES string of the molecule is CCn1cc(Cl)c(C=Nn2c(C)nnc2SCn2nc(C)c([N+](=O)[O-])c2C)n1. The minimum atomic E-state index is -0.422. The zero-order valence-electron chi connectivity index (χ0n) is 15.7. The molecule has 0 aromatic carbocycles. The van der Waals surface area contributed by atoms with Gasteiger partial charge in [-0.3, -0.25) is 19.5 Å². The van der Waals surface area contributed by atoms with E-state index in [2.05, 4.69) is 25.5 Å². The summed E-state index contributed by atoms with van der Waals surface area (Å²) >= 11 is 7.47. The van der Waals surface area contributed by atoms with Gasteiger partial charge in [0, 0.05) is 12.7 Å². The minimum Gasteiger partial charge on any atom is -0.271 e. The first-order valence-electron chi connectivity index (χ1n) is 8.32. The first-order valence-corrected chi connectivity index (χ1v) is 9.68. The van der Waals surface area contributed by atoms with Gasteiger partial charge >= 0.3 is 5.69 Å². The van der Waals surface area contributed by atoms with E-state index in [4.69, 9.17) is 11.6 Å². The molecule has 0 amide bonds. The Morgan fingerprint density at radius 1 is 1.32 bits per heavy atom. The topological polar surface area (TPSA) is 122 Å². The van der Waals surface area contributed by atoms with Crippen LogP contribution < -0.4 is 0 Å². The Kier molecular flexibility index (Phi) is 5.79. The molecule has 0 aliphatic rings. The minimum absolute atomic E-state index is 0.0254. The number of rotatable bonds is 7. The van der Waals surface area contributed by atoms with E-state index in [0.29, 0.717) is 45.5 Å². The molecular formula is C15H18ClN9O2S. The van der Waals surface area contributed by atoms with Crippen LogP contribution in [-0.2, 0) is 12.4 Å². The molecule has 0 aliphatic heterocycles. The molecule has 0 fully saturated rings. The number of hydrogen-bond acceptors (Lipinski definition) is 8. The van der Waals surface area contributed by atoms with Crippen molar-refractivity contribution in [1.82, 2.24) is 34.4 Å². The third kappa shape index (κ3) is 3.92. The maximum Gasteiger partial charge on any atom is 0.312 e. The lowest BCUT2D eigenvalue weighted by molar-refractivity contribution is -0.386. The van der Waals surface area contributed by atoms with Gasteiger partial charge in [-0.05, 0) is 27.7 Å². The standard InChI is InChI=1S/C15H18ClN9O2S/c1-5-22-7-12(16)13(21-22)6-17-24-11(4)18-19-15(24)28-8-23-10(3)14(25(26)27)9(2)20-23/h6-7H,5,8H2,1-4H3. The quantitative estimate of drug-likeness (QED) is 0.248. The number of halogens is 1. The second-order valence-corrected chi connectivity index (χ2v) is 7.17. The molecule has 0 saturated heterocycles. The van der Waals surface area contributed by atoms with Crippen LogP contribution in [-0.4, -0.2) is 45.6 Å². The average molecular weight is 424 g/mol. The molecule has 13 heteroatoms. The third-order valence-electron chi connectivity index (χ3n) is 3.97. The maximum atomic E-state index is 11.1. The van der Waals surface area contributed by atoms with Crippen molar-refractivity contribution in [2.24, 2.45) is 5.10 Å². The molecule has 3 aromatic rings. The zero-order chi connectivity index (χ0) is 20.4. The van der Waals surface area contributed by atoms with Gasteiger partial charge < -0.3 is 0 Å². The summed E-state index contributed by atoms with van der Waals surface area (Å²) in [5.74, 6) is 0.920. The lowest BCUT2D eigenvalue weighted by Gasteiger charge is -2.03. The first kappa shape index (κ1) is 20.0. The molecule has 0 bridgehead atoms. The number of thioether (sulfide) groups is 1. The Bertz CT molecular complexity index is 1050. The highest BCUT2D eigenvalue weighted by Gasteiger charge is 2.22. The highest BCUT2D eigenvalue weighted by Crippen LogP contribution is 2.25. The van der Waals surface area contributed by atoms with Crippen LogP contribution in [0.15, 0.2) is 16.5 Å². The van der Waals surface area contributed by atoms with Gasteiger partial charge in [0.25, 0.3) is 0 Å². The van der Waals surface area contributed by atoms with E-state index in [1.807, 2.05) is 6.92 Å². The number of aryl methyl sites for hydroxylation is 3. The molecule has 3 heterocycles. The summed E-state index contributed by atoms with van der Waals surface area (Å²) in [4.78, 5) is 10.7. The predicted octanol–water partition coefficient (Wildman–Crippen LogP) is 2.81. The summed E-state index contributed by atoms with van der Waals surface area (Å²) in [5, 5.41) is 33.2. The predicted molar refractivity (Wildman–Crippen MR) is 105 cm³/mol. The smallest absolute Gasteiger partial charge is 0.271 e. The fraction of sp³-hybridized carbons (Fsp3) is 0.400. The fourth-order valence-electron chi connectivity index (χ4n) is 2.53. The summed E-state index contributed by atoms with van der Waals surface area (Å²) < 4.78 is 4.84. The van der Waals surface area contributed by atoms with Crippen LogP contribution >= 0.6 is 23.4 Å². The Hall–Kier alpha value is -2.73. The number of hydrogen-bond donors (Lipinski definition) is 0. The van der Waals surface area contributed by atoms with E-state index < -0.39 is 4.92 Å². The van der Waals surface area contributed by atoms with Crippen molar-refractivity contribution in [2.45, 2.75) is 45.3 Å². The van der Waals surface area contributed by atoms with Crippen molar-refractivity contribution in [3.8, 4) is 0 Å². The number of nitrogens with zero attached hydrogens (tertiary/aromatic N) is 9. The molecule has 0 atom stereocenters. The summed E-state index contributed by atoms with van der Waals surface area (Å²) in [6.45, 7) is 7.72. The van der Waals surface area contributed by atoms with Crippen LogP contribution in [0.1, 0.15) is 29.8 Å². The summed E-state index contributed by atoms with van der Waals surface area (Å²) in [7, 11) is 0. The van der Waals surface area contributed by atoms with E-state index in [0.717, 1.165) is 0 Å². The van der Waals surface area contributed by atoms with Crippen molar-refractivity contribution in [2.75, 3.05) is 0 Å². The summed E-state index contributed by atoms with van der Waals surface area (Å²) in [6.07, 6.45) is 3.27. The molecule has 0 unspecified atom stereocenters. The number of nitro groups is 1. The molecule has 0 spiro atoms. The van der Waals surface area contributed by atoms with Gasteiger partial charge in [0.2, 0.25) is 5.16 Å². The van der Waals surface area contributed by atoms with E-state index in [9.17, 15) is 10.1 Å². The first-order chi connectivity index (χ1) is 13.3. The Labute approximate surface area is 169 Å². The van der Waals surface area contributed by atoms with Gasteiger partial charge in [-0.15, -0.1) is 10.2 Å². The van der Waals surface area contributed by atoms with E-state index in [1.165, 1.54) is 11.8 Å². The van der Waals surface area contributed by atoms with Gasteiger partial charge in [0.1, 0.15) is 17.1 Å². The molecular weight excluding hydrogens is 406 g/mol. The lowest BCUT2D eigenvalue weighted by Crippen LogP contribution is -2.03. The van der Waals surface area contributed by atoms with Gasteiger partial charge in [-0.1, -0.05) is 23.4 Å². The highest BCUT2D eigenvalue weighted by molar-refractivity contribution is 7.98. The molecule has 0 radical (unpaired) electrons. The van der Waals surface area contributed by atoms with E-state index >= 15 is 0 Å². The van der Waals surface area contributed by atoms with Crippen LogP contribution in [0.25, 0.3) is 0 Å². The molecule has 3 aromatic heterocycles. The van der Waals surface area contributed by atoms with Crippen LogP contribution in [0.5, 0.6) is 0 Å². The van der Waals surface area contributed by atoms with Crippen LogP contribution in [0.2, 0.25) is 5.02 Å². The third-order valence-corrected chi connectivity index (χ3v) is 5.15. The normalized spacial score (nSPS) is 11.6. The largest absolute Gasteiger partial charge is 0.312 e. The van der Waals surface area contributed by atoms with Crippen molar-refractivity contribution >= 4 is 35.3 Å². The average Bonchev–Trinajstić information content (AvgIpc) is 3.27. The molecule has 11 nitrogen and oxygen atoms in total. The second kappa shape index (κ2) is 8.10. The van der Waals surface area contributed by atoms with Crippen molar-refractivity contribution in [3.05, 3.63) is 44.2 Å². The van der Waals surface area contributed by atoms with Crippen molar-refractivity contribution in [1.29, 1.82) is 0 Å². The monoisotopic (exact) mass is 423 g/mol. The number of aromatic nitrogens is 7. The zero-order valence-corrected chi connectivity index (χ0v) is 17.3. The van der Waals surface area contributed by atoms with Crippen molar-refractivity contribution < 1.29 is 4.92 Å². The lowest BCUT2D eigenvalue weighted by atomic mass is 10.3. The van der Waals surface area contributed by atoms with Crippen molar-refractivity contribution in [3.63, 3.8) is 0 Å². The Morgan fingerprint density at radius 2 is 2.07 bits per heavy atom. The van der Waals surface area contributed by atoms with Gasteiger partial charge in [0.05, 0.1) is 22.0 Å². The summed E-state index contributed by atoms with van der Waals surface area (Å²) in [5.41, 5.74) is 1.43. The van der Waals surface area contributed by atoms with Crippen LogP contribution in [0.3, 0.4) is 0 Å². The Balaban J connectivity index is 1.80. The van der Waals surface area contributed by atoms with Gasteiger partial charge in [0.15, 0.2) is 5.82 Å². The molecule has 0 aliphatic carbocycles. The molecule has 0 N–H and O–H groups in total. The molecule has 148 valence electrons. The molecule has 3 rings (SSSR count). The molecule has 0 saturated carbocycles. The van der Waals surface area contributed by atoms with E-state index in [-0.39, 0.29) is 5.69 Å². The fourth-order valence-corrected chi connectivity index (χ4v) is 3.62. The van der Waals surface area contributed by atoms with Gasteiger partial charge in [-0.25, -0.2) is 0 Å². The highest BCUT2D eigenvalue weighted by atomic mass is 35.5. The van der Waals surface area contributed by atoms with E-state index in [1.54, 1.807) is 47.2 Å². The summed E-state index contributed by atoms with van der Waals surface area (Å²) in [6, 6.07) is 0.